The summed E-state index contributed by atoms with van der Waals surface area (Å²) in [6.45, 7) is 1.47. The van der Waals surface area contributed by atoms with Gasteiger partial charge in [-0.1, -0.05) is 19.3 Å². The average Bonchev–Trinajstić information content (AvgIpc) is 2.76. The lowest BCUT2D eigenvalue weighted by molar-refractivity contribution is 0.178. The summed E-state index contributed by atoms with van der Waals surface area (Å²) in [6.07, 6.45) is 6.81. The Morgan fingerprint density at radius 3 is 2.94 bits per heavy atom. The van der Waals surface area contributed by atoms with E-state index in [0.29, 0.717) is 12.6 Å². The average molecular weight is 224 g/mol. The number of hydrogen-bond donors (Lipinski definition) is 2. The maximum Gasteiger partial charge on any atom is 0.242 e. The molecule has 0 aliphatic heterocycles. The zero-order valence-electron chi connectivity index (χ0n) is 9.83. The molecule has 0 amide bonds. The molecule has 0 bridgehead atoms. The molecule has 2 rings (SSSR count). The van der Waals surface area contributed by atoms with Gasteiger partial charge in [0.15, 0.2) is 5.82 Å². The second kappa shape index (κ2) is 5.84. The zero-order valence-corrected chi connectivity index (χ0v) is 9.83. The summed E-state index contributed by atoms with van der Waals surface area (Å²) in [6, 6.07) is 0. The SMILES string of the molecule is COCc1nc(NCC2CCCCC2)n[nH]1. The van der Waals surface area contributed by atoms with Crippen LogP contribution in [-0.4, -0.2) is 28.8 Å². The summed E-state index contributed by atoms with van der Waals surface area (Å²) in [5, 5.41) is 10.2. The largest absolute Gasteiger partial charge is 0.377 e. The highest BCUT2D eigenvalue weighted by atomic mass is 16.5. The molecule has 0 atom stereocenters. The predicted octanol–water partition coefficient (Wildman–Crippen LogP) is 1.94. The van der Waals surface area contributed by atoms with Gasteiger partial charge in [-0.2, -0.15) is 4.98 Å². The van der Waals surface area contributed by atoms with E-state index < -0.39 is 0 Å². The minimum Gasteiger partial charge on any atom is -0.377 e. The number of hydrogen-bond acceptors (Lipinski definition) is 4. The molecule has 1 aliphatic rings. The van der Waals surface area contributed by atoms with E-state index in [9.17, 15) is 0 Å². The maximum atomic E-state index is 4.97. The van der Waals surface area contributed by atoms with E-state index in [1.54, 1.807) is 7.11 Å². The fourth-order valence-corrected chi connectivity index (χ4v) is 2.20. The van der Waals surface area contributed by atoms with Gasteiger partial charge in [0, 0.05) is 13.7 Å². The predicted molar refractivity (Wildman–Crippen MR) is 62.2 cm³/mol. The smallest absolute Gasteiger partial charge is 0.242 e. The molecule has 0 aromatic carbocycles. The molecule has 1 heterocycles. The number of aromatic nitrogens is 3. The van der Waals surface area contributed by atoms with Crippen molar-refractivity contribution in [1.29, 1.82) is 0 Å². The molecule has 0 saturated heterocycles. The Labute approximate surface area is 96.0 Å². The first-order valence-corrected chi connectivity index (χ1v) is 6.02. The third-order valence-corrected chi connectivity index (χ3v) is 3.09. The first-order chi connectivity index (χ1) is 7.88. The highest BCUT2D eigenvalue weighted by Crippen LogP contribution is 2.23. The molecule has 1 aromatic heterocycles. The molecule has 0 unspecified atom stereocenters. The molecule has 5 heteroatoms. The number of aromatic amines is 1. The van der Waals surface area contributed by atoms with Gasteiger partial charge < -0.3 is 10.1 Å². The summed E-state index contributed by atoms with van der Waals surface area (Å²) < 4.78 is 4.97. The minimum atomic E-state index is 0.484. The fourth-order valence-electron chi connectivity index (χ4n) is 2.20. The standard InChI is InChI=1S/C11H20N4O/c1-16-8-10-13-11(15-14-10)12-7-9-5-3-2-4-6-9/h9H,2-8H2,1H3,(H2,12,13,14,15). The van der Waals surface area contributed by atoms with Gasteiger partial charge in [-0.15, -0.1) is 5.10 Å². The number of ether oxygens (including phenoxy) is 1. The molecule has 90 valence electrons. The monoisotopic (exact) mass is 224 g/mol. The van der Waals surface area contributed by atoms with Crippen molar-refractivity contribution in [3.63, 3.8) is 0 Å². The van der Waals surface area contributed by atoms with Gasteiger partial charge in [0.05, 0.1) is 0 Å². The summed E-state index contributed by atoms with van der Waals surface area (Å²) in [4.78, 5) is 4.28. The molecule has 0 spiro atoms. The Kier molecular flexibility index (Phi) is 4.16. The third-order valence-electron chi connectivity index (χ3n) is 3.09. The van der Waals surface area contributed by atoms with Gasteiger partial charge in [0.2, 0.25) is 5.95 Å². The van der Waals surface area contributed by atoms with Crippen molar-refractivity contribution in [3.05, 3.63) is 5.82 Å². The molecule has 0 radical (unpaired) electrons. The Hall–Kier alpha value is -1.10. The van der Waals surface area contributed by atoms with Crippen LogP contribution < -0.4 is 5.32 Å². The topological polar surface area (TPSA) is 62.8 Å². The molecule has 1 aliphatic carbocycles. The van der Waals surface area contributed by atoms with E-state index in [1.165, 1.54) is 32.1 Å². The number of methoxy groups -OCH3 is 1. The van der Waals surface area contributed by atoms with E-state index in [4.69, 9.17) is 4.74 Å². The molecule has 16 heavy (non-hydrogen) atoms. The van der Waals surface area contributed by atoms with Crippen molar-refractivity contribution in [1.82, 2.24) is 15.2 Å². The molecule has 1 fully saturated rings. The quantitative estimate of drug-likeness (QED) is 0.802. The van der Waals surface area contributed by atoms with Gasteiger partial charge in [0.1, 0.15) is 6.61 Å². The molecule has 1 saturated carbocycles. The van der Waals surface area contributed by atoms with Crippen LogP contribution in [0, 0.1) is 5.92 Å². The Balaban J connectivity index is 1.75. The highest BCUT2D eigenvalue weighted by molar-refractivity contribution is 5.22. The summed E-state index contributed by atoms with van der Waals surface area (Å²) in [5.74, 6) is 2.25. The van der Waals surface area contributed by atoms with Gasteiger partial charge in [-0.05, 0) is 18.8 Å². The lowest BCUT2D eigenvalue weighted by atomic mass is 9.89. The van der Waals surface area contributed by atoms with Crippen molar-refractivity contribution < 1.29 is 4.74 Å². The minimum absolute atomic E-state index is 0.484. The first kappa shape index (κ1) is 11.4. The van der Waals surface area contributed by atoms with Crippen LogP contribution in [0.1, 0.15) is 37.9 Å². The van der Waals surface area contributed by atoms with Crippen LogP contribution in [0.5, 0.6) is 0 Å². The summed E-state index contributed by atoms with van der Waals surface area (Å²) >= 11 is 0. The van der Waals surface area contributed by atoms with Crippen molar-refractivity contribution in [2.24, 2.45) is 5.92 Å². The Morgan fingerprint density at radius 1 is 1.38 bits per heavy atom. The second-order valence-electron chi connectivity index (χ2n) is 4.42. The van der Waals surface area contributed by atoms with Crippen molar-refractivity contribution in [3.8, 4) is 0 Å². The molecule has 2 N–H and O–H groups in total. The Morgan fingerprint density at radius 2 is 2.19 bits per heavy atom. The van der Waals surface area contributed by atoms with Crippen LogP contribution >= 0.6 is 0 Å². The summed E-state index contributed by atoms with van der Waals surface area (Å²) in [5.41, 5.74) is 0. The van der Waals surface area contributed by atoms with E-state index in [2.05, 4.69) is 20.5 Å². The lowest BCUT2D eigenvalue weighted by Gasteiger charge is -2.21. The Bertz CT molecular complexity index is 307. The van der Waals surface area contributed by atoms with Gasteiger partial charge >= 0.3 is 0 Å². The number of rotatable bonds is 5. The normalized spacial score (nSPS) is 17.6. The maximum absolute atomic E-state index is 4.97. The van der Waals surface area contributed by atoms with Crippen LogP contribution in [0.25, 0.3) is 0 Å². The number of H-pyrrole nitrogens is 1. The number of nitrogens with one attached hydrogen (secondary N) is 2. The molecule has 1 aromatic rings. The molecule has 5 nitrogen and oxygen atoms in total. The second-order valence-corrected chi connectivity index (χ2v) is 4.42. The van der Waals surface area contributed by atoms with Crippen LogP contribution in [0.2, 0.25) is 0 Å². The van der Waals surface area contributed by atoms with Crippen molar-refractivity contribution >= 4 is 5.95 Å². The van der Waals surface area contributed by atoms with Gasteiger partial charge in [-0.25, -0.2) is 0 Å². The van der Waals surface area contributed by atoms with E-state index in [0.717, 1.165) is 18.3 Å². The summed E-state index contributed by atoms with van der Waals surface area (Å²) in [7, 11) is 1.65. The number of anilines is 1. The third kappa shape index (κ3) is 3.20. The van der Waals surface area contributed by atoms with Crippen LogP contribution in [0.15, 0.2) is 0 Å². The van der Waals surface area contributed by atoms with Gasteiger partial charge in [-0.3, -0.25) is 5.10 Å². The molecular formula is C11H20N4O. The zero-order chi connectivity index (χ0) is 11.2. The van der Waals surface area contributed by atoms with Gasteiger partial charge in [0.25, 0.3) is 0 Å². The highest BCUT2D eigenvalue weighted by Gasteiger charge is 2.13. The van der Waals surface area contributed by atoms with Crippen molar-refractivity contribution in [2.75, 3.05) is 19.0 Å². The van der Waals surface area contributed by atoms with Crippen LogP contribution in [0.4, 0.5) is 5.95 Å². The van der Waals surface area contributed by atoms with E-state index >= 15 is 0 Å². The fraction of sp³-hybridized carbons (Fsp3) is 0.818. The van der Waals surface area contributed by atoms with Crippen LogP contribution in [-0.2, 0) is 11.3 Å². The van der Waals surface area contributed by atoms with E-state index in [-0.39, 0.29) is 0 Å². The number of nitrogens with zero attached hydrogens (tertiary/aromatic N) is 2. The lowest BCUT2D eigenvalue weighted by Crippen LogP contribution is -2.17. The first-order valence-electron chi connectivity index (χ1n) is 6.02. The van der Waals surface area contributed by atoms with Crippen molar-refractivity contribution in [2.45, 2.75) is 38.7 Å². The van der Waals surface area contributed by atoms with Crippen LogP contribution in [0.3, 0.4) is 0 Å². The molecular weight excluding hydrogens is 204 g/mol. The van der Waals surface area contributed by atoms with E-state index in [1.807, 2.05) is 0 Å².